The second-order valence-corrected chi connectivity index (χ2v) is 9.49. The van der Waals surface area contributed by atoms with E-state index >= 15 is 0 Å². The summed E-state index contributed by atoms with van der Waals surface area (Å²) in [6, 6.07) is 11.1. The van der Waals surface area contributed by atoms with Crippen molar-refractivity contribution in [2.45, 2.75) is 44.0 Å². The van der Waals surface area contributed by atoms with Crippen molar-refractivity contribution < 1.29 is 13.2 Å². The summed E-state index contributed by atoms with van der Waals surface area (Å²) in [6.07, 6.45) is 3.83. The molecule has 3 rings (SSSR count). The minimum atomic E-state index is -3.17. The Labute approximate surface area is 166 Å². The van der Waals surface area contributed by atoms with Crippen molar-refractivity contribution in [3.8, 4) is 0 Å². The van der Waals surface area contributed by atoms with Gasteiger partial charge in [-0.25, -0.2) is 8.42 Å². The highest BCUT2D eigenvalue weighted by molar-refractivity contribution is 7.91. The third-order valence-corrected chi connectivity index (χ3v) is 6.89. The van der Waals surface area contributed by atoms with Crippen molar-refractivity contribution >= 4 is 21.4 Å². The lowest BCUT2D eigenvalue weighted by Gasteiger charge is -2.34. The van der Waals surface area contributed by atoms with Crippen LogP contribution in [0.25, 0.3) is 0 Å². The van der Waals surface area contributed by atoms with Gasteiger partial charge in [-0.15, -0.1) is 0 Å². The Bertz CT molecular complexity index is 901. The van der Waals surface area contributed by atoms with Crippen molar-refractivity contribution in [1.29, 1.82) is 0 Å². The Kier molecular flexibility index (Phi) is 6.34. The van der Waals surface area contributed by atoms with Crippen LogP contribution >= 0.6 is 0 Å². The first-order chi connectivity index (χ1) is 13.4. The molecule has 7 heteroatoms. The Morgan fingerprint density at radius 3 is 2.39 bits per heavy atom. The van der Waals surface area contributed by atoms with Crippen molar-refractivity contribution in [1.82, 2.24) is 10.3 Å². The standard InChI is InChI=1S/C21H27N3O3S/c1-3-28(26,27)20-8-6-19(7-9-20)24-12-10-18(11-13-24)23-21(25)14-17-5-4-16(2)22-15-17/h4-9,15,18H,3,10-14H2,1-2H3,(H,23,25). The topological polar surface area (TPSA) is 79.4 Å². The number of piperidine rings is 1. The van der Waals surface area contributed by atoms with Crippen LogP contribution in [-0.4, -0.2) is 44.2 Å². The SMILES string of the molecule is CCS(=O)(=O)c1ccc(N2CCC(NC(=O)Cc3ccc(C)nc3)CC2)cc1. The summed E-state index contributed by atoms with van der Waals surface area (Å²) in [4.78, 5) is 19.1. The molecule has 1 aromatic carbocycles. The van der Waals surface area contributed by atoms with Gasteiger partial charge in [0.25, 0.3) is 0 Å². The molecule has 1 N–H and O–H groups in total. The number of sulfone groups is 1. The molecule has 0 radical (unpaired) electrons. The van der Waals surface area contributed by atoms with Crippen LogP contribution in [0.1, 0.15) is 31.0 Å². The van der Waals surface area contributed by atoms with E-state index in [1.807, 2.05) is 31.2 Å². The van der Waals surface area contributed by atoms with E-state index in [2.05, 4.69) is 15.2 Å². The number of nitrogens with one attached hydrogen (secondary N) is 1. The van der Waals surface area contributed by atoms with Crippen LogP contribution in [0.15, 0.2) is 47.5 Å². The molecule has 0 bridgehead atoms. The van der Waals surface area contributed by atoms with Crippen LogP contribution in [0.5, 0.6) is 0 Å². The fourth-order valence-electron chi connectivity index (χ4n) is 3.38. The second-order valence-electron chi connectivity index (χ2n) is 7.21. The zero-order valence-electron chi connectivity index (χ0n) is 16.4. The fourth-order valence-corrected chi connectivity index (χ4v) is 4.26. The van der Waals surface area contributed by atoms with Crippen LogP contribution in [0.3, 0.4) is 0 Å². The van der Waals surface area contributed by atoms with Gasteiger partial charge in [-0.05, 0) is 55.7 Å². The molecule has 1 fully saturated rings. The number of amides is 1. The molecule has 150 valence electrons. The Hall–Kier alpha value is -2.41. The molecule has 1 amide bonds. The number of rotatable bonds is 6. The molecular weight excluding hydrogens is 374 g/mol. The zero-order valence-corrected chi connectivity index (χ0v) is 17.2. The van der Waals surface area contributed by atoms with E-state index in [-0.39, 0.29) is 17.7 Å². The van der Waals surface area contributed by atoms with Gasteiger partial charge in [0, 0.05) is 36.7 Å². The van der Waals surface area contributed by atoms with Crippen LogP contribution in [-0.2, 0) is 21.1 Å². The first kappa shape index (κ1) is 20.3. The molecule has 0 saturated carbocycles. The van der Waals surface area contributed by atoms with E-state index < -0.39 is 9.84 Å². The van der Waals surface area contributed by atoms with Gasteiger partial charge in [-0.3, -0.25) is 9.78 Å². The van der Waals surface area contributed by atoms with E-state index in [0.717, 1.165) is 42.9 Å². The number of aromatic nitrogens is 1. The highest BCUT2D eigenvalue weighted by Gasteiger charge is 2.21. The molecule has 1 aliphatic rings. The molecule has 0 spiro atoms. The third-order valence-electron chi connectivity index (χ3n) is 5.14. The Morgan fingerprint density at radius 1 is 1.14 bits per heavy atom. The maximum atomic E-state index is 12.3. The number of benzene rings is 1. The number of nitrogens with zero attached hydrogens (tertiary/aromatic N) is 2. The molecule has 28 heavy (non-hydrogen) atoms. The number of hydrogen-bond acceptors (Lipinski definition) is 5. The minimum Gasteiger partial charge on any atom is -0.371 e. The van der Waals surface area contributed by atoms with Crippen LogP contribution < -0.4 is 10.2 Å². The quantitative estimate of drug-likeness (QED) is 0.805. The summed E-state index contributed by atoms with van der Waals surface area (Å²) in [7, 11) is -3.17. The minimum absolute atomic E-state index is 0.0261. The molecule has 0 aliphatic carbocycles. The normalized spacial score (nSPS) is 15.4. The molecular formula is C21H27N3O3S. The number of pyridine rings is 1. The largest absolute Gasteiger partial charge is 0.371 e. The predicted molar refractivity (Wildman–Crippen MR) is 110 cm³/mol. The maximum absolute atomic E-state index is 12.3. The van der Waals surface area contributed by atoms with Gasteiger partial charge in [0.05, 0.1) is 17.1 Å². The summed E-state index contributed by atoms with van der Waals surface area (Å²) in [6.45, 7) is 5.24. The maximum Gasteiger partial charge on any atom is 0.224 e. The van der Waals surface area contributed by atoms with E-state index in [1.165, 1.54) is 0 Å². The van der Waals surface area contributed by atoms with E-state index in [1.54, 1.807) is 25.3 Å². The molecule has 0 atom stereocenters. The van der Waals surface area contributed by atoms with E-state index in [4.69, 9.17) is 0 Å². The predicted octanol–water partition coefficient (Wildman–Crippen LogP) is 2.51. The molecule has 2 heterocycles. The van der Waals surface area contributed by atoms with Crippen molar-refractivity contribution in [3.63, 3.8) is 0 Å². The monoisotopic (exact) mass is 401 g/mol. The first-order valence-electron chi connectivity index (χ1n) is 9.66. The lowest BCUT2D eigenvalue weighted by molar-refractivity contribution is -0.121. The number of hydrogen-bond donors (Lipinski definition) is 1. The molecule has 6 nitrogen and oxygen atoms in total. The average molecular weight is 402 g/mol. The molecule has 0 unspecified atom stereocenters. The number of carbonyl (C=O) groups is 1. The lowest BCUT2D eigenvalue weighted by Crippen LogP contribution is -2.45. The first-order valence-corrected chi connectivity index (χ1v) is 11.3. The second kappa shape index (κ2) is 8.73. The van der Waals surface area contributed by atoms with E-state index in [0.29, 0.717) is 11.3 Å². The summed E-state index contributed by atoms with van der Waals surface area (Å²) < 4.78 is 23.8. The lowest BCUT2D eigenvalue weighted by atomic mass is 10.0. The number of carbonyl (C=O) groups excluding carboxylic acids is 1. The van der Waals surface area contributed by atoms with Gasteiger partial charge in [-0.1, -0.05) is 13.0 Å². The molecule has 1 saturated heterocycles. The van der Waals surface area contributed by atoms with Gasteiger partial charge >= 0.3 is 0 Å². The number of anilines is 1. The fraction of sp³-hybridized carbons (Fsp3) is 0.429. The van der Waals surface area contributed by atoms with Crippen LogP contribution in [0, 0.1) is 6.92 Å². The summed E-state index contributed by atoms with van der Waals surface area (Å²) in [5.41, 5.74) is 2.88. The van der Waals surface area contributed by atoms with Crippen LogP contribution in [0.2, 0.25) is 0 Å². The molecule has 1 aromatic heterocycles. The van der Waals surface area contributed by atoms with Gasteiger partial charge < -0.3 is 10.2 Å². The third kappa shape index (κ3) is 5.10. The zero-order chi connectivity index (χ0) is 20.1. The highest BCUT2D eigenvalue weighted by Crippen LogP contribution is 2.22. The Balaban J connectivity index is 1.50. The van der Waals surface area contributed by atoms with Crippen molar-refractivity contribution in [3.05, 3.63) is 53.9 Å². The molecule has 2 aromatic rings. The van der Waals surface area contributed by atoms with Gasteiger partial charge in [0.2, 0.25) is 5.91 Å². The van der Waals surface area contributed by atoms with Gasteiger partial charge in [-0.2, -0.15) is 0 Å². The Morgan fingerprint density at radius 2 is 1.82 bits per heavy atom. The van der Waals surface area contributed by atoms with Crippen molar-refractivity contribution in [2.24, 2.45) is 0 Å². The van der Waals surface area contributed by atoms with Gasteiger partial charge in [0.15, 0.2) is 9.84 Å². The van der Waals surface area contributed by atoms with Gasteiger partial charge in [0.1, 0.15) is 0 Å². The summed E-state index contributed by atoms with van der Waals surface area (Å²) in [5, 5.41) is 3.12. The highest BCUT2D eigenvalue weighted by atomic mass is 32.2. The summed E-state index contributed by atoms with van der Waals surface area (Å²) >= 11 is 0. The average Bonchev–Trinajstić information content (AvgIpc) is 2.70. The van der Waals surface area contributed by atoms with E-state index in [9.17, 15) is 13.2 Å². The van der Waals surface area contributed by atoms with Crippen molar-refractivity contribution in [2.75, 3.05) is 23.7 Å². The van der Waals surface area contributed by atoms with Crippen LogP contribution in [0.4, 0.5) is 5.69 Å². The number of aryl methyl sites for hydroxylation is 1. The summed E-state index contributed by atoms with van der Waals surface area (Å²) in [5.74, 6) is 0.133. The molecule has 1 aliphatic heterocycles. The smallest absolute Gasteiger partial charge is 0.224 e.